The van der Waals surface area contributed by atoms with Gasteiger partial charge in [0.15, 0.2) is 11.5 Å². The number of carbonyl (C=O) groups is 2. The van der Waals surface area contributed by atoms with Gasteiger partial charge < -0.3 is 19.7 Å². The third kappa shape index (κ3) is 6.21. The van der Waals surface area contributed by atoms with Gasteiger partial charge in [0.2, 0.25) is 11.8 Å². The zero-order valence-electron chi connectivity index (χ0n) is 16.3. The van der Waals surface area contributed by atoms with E-state index in [9.17, 15) is 18.4 Å². The molecule has 0 aromatic heterocycles. The number of carbonyl (C=O) groups excluding carboxylic acids is 2. The van der Waals surface area contributed by atoms with Crippen LogP contribution < -0.4 is 14.8 Å². The molecule has 2 amide bonds. The quantitative estimate of drug-likeness (QED) is 0.720. The molecular formula is C20H26F2N2O4. The SMILES string of the molecule is COc1cc(/C=C/C(=O)N2CCC(C(=O)NC(C)C)CC2)ccc1OC(F)F. The van der Waals surface area contributed by atoms with Crippen LogP contribution in [0.2, 0.25) is 0 Å². The van der Waals surface area contributed by atoms with E-state index < -0.39 is 6.61 Å². The van der Waals surface area contributed by atoms with E-state index in [1.165, 1.54) is 25.3 Å². The fraction of sp³-hybridized carbons (Fsp3) is 0.500. The van der Waals surface area contributed by atoms with Gasteiger partial charge in [-0.25, -0.2) is 0 Å². The van der Waals surface area contributed by atoms with Crippen LogP contribution in [0.3, 0.4) is 0 Å². The van der Waals surface area contributed by atoms with E-state index in [0.717, 1.165) is 0 Å². The molecule has 2 rings (SSSR count). The van der Waals surface area contributed by atoms with Gasteiger partial charge in [-0.3, -0.25) is 9.59 Å². The topological polar surface area (TPSA) is 67.9 Å². The molecular weight excluding hydrogens is 370 g/mol. The van der Waals surface area contributed by atoms with Crippen molar-refractivity contribution >= 4 is 17.9 Å². The maximum Gasteiger partial charge on any atom is 0.387 e. The summed E-state index contributed by atoms with van der Waals surface area (Å²) in [5, 5.41) is 2.90. The molecule has 1 aromatic rings. The Morgan fingerprint density at radius 2 is 1.89 bits per heavy atom. The van der Waals surface area contributed by atoms with E-state index >= 15 is 0 Å². The summed E-state index contributed by atoms with van der Waals surface area (Å²) in [5.74, 6) is -0.0953. The molecule has 1 aliphatic rings. The minimum atomic E-state index is -2.94. The van der Waals surface area contributed by atoms with Crippen LogP contribution in [-0.4, -0.2) is 49.6 Å². The molecule has 0 unspecified atom stereocenters. The highest BCUT2D eigenvalue weighted by molar-refractivity contribution is 5.92. The minimum absolute atomic E-state index is 0.0378. The number of halogens is 2. The second-order valence-corrected chi connectivity index (χ2v) is 6.88. The largest absolute Gasteiger partial charge is 0.493 e. The van der Waals surface area contributed by atoms with Crippen LogP contribution in [-0.2, 0) is 9.59 Å². The molecule has 28 heavy (non-hydrogen) atoms. The minimum Gasteiger partial charge on any atom is -0.493 e. The van der Waals surface area contributed by atoms with Crippen molar-refractivity contribution < 1.29 is 27.8 Å². The Kier molecular flexibility index (Phi) is 7.78. The zero-order chi connectivity index (χ0) is 20.7. The van der Waals surface area contributed by atoms with Gasteiger partial charge in [-0.2, -0.15) is 8.78 Å². The molecule has 6 nitrogen and oxygen atoms in total. The van der Waals surface area contributed by atoms with Gasteiger partial charge in [0.05, 0.1) is 7.11 Å². The molecule has 0 saturated carbocycles. The number of hydrogen-bond acceptors (Lipinski definition) is 4. The summed E-state index contributed by atoms with van der Waals surface area (Å²) in [6, 6.07) is 4.55. The third-order valence-corrected chi connectivity index (χ3v) is 4.43. The summed E-state index contributed by atoms with van der Waals surface area (Å²) in [5.41, 5.74) is 0.623. The van der Waals surface area contributed by atoms with Crippen molar-refractivity contribution in [2.24, 2.45) is 5.92 Å². The Balaban J connectivity index is 1.93. The van der Waals surface area contributed by atoms with Gasteiger partial charge in [0.25, 0.3) is 0 Å². The van der Waals surface area contributed by atoms with Crippen LogP contribution >= 0.6 is 0 Å². The Morgan fingerprint density at radius 3 is 2.46 bits per heavy atom. The van der Waals surface area contributed by atoms with Crippen LogP contribution in [0.15, 0.2) is 24.3 Å². The fourth-order valence-electron chi connectivity index (χ4n) is 3.02. The van der Waals surface area contributed by atoms with E-state index in [-0.39, 0.29) is 35.3 Å². The van der Waals surface area contributed by atoms with Gasteiger partial charge in [0.1, 0.15) is 0 Å². The zero-order valence-corrected chi connectivity index (χ0v) is 16.3. The number of rotatable bonds is 7. The highest BCUT2D eigenvalue weighted by Crippen LogP contribution is 2.30. The first-order chi connectivity index (χ1) is 13.3. The van der Waals surface area contributed by atoms with Crippen LogP contribution in [0, 0.1) is 5.92 Å². The number of ether oxygens (including phenoxy) is 2. The summed E-state index contributed by atoms with van der Waals surface area (Å²) in [6.45, 7) is 1.93. The monoisotopic (exact) mass is 396 g/mol. The summed E-state index contributed by atoms with van der Waals surface area (Å²) in [7, 11) is 1.35. The van der Waals surface area contributed by atoms with Crippen molar-refractivity contribution in [2.45, 2.75) is 39.3 Å². The number of amides is 2. The first kappa shape index (κ1) is 21.7. The molecule has 0 spiro atoms. The Labute approximate surface area is 163 Å². The molecule has 1 saturated heterocycles. The van der Waals surface area contributed by atoms with Gasteiger partial charge in [0, 0.05) is 31.1 Å². The molecule has 0 atom stereocenters. The lowest BCUT2D eigenvalue weighted by atomic mass is 9.95. The van der Waals surface area contributed by atoms with E-state index in [4.69, 9.17) is 4.74 Å². The fourth-order valence-corrected chi connectivity index (χ4v) is 3.02. The number of methoxy groups -OCH3 is 1. The molecule has 154 valence electrons. The van der Waals surface area contributed by atoms with Crippen molar-refractivity contribution in [3.8, 4) is 11.5 Å². The van der Waals surface area contributed by atoms with Crippen LogP contribution in [0.25, 0.3) is 6.08 Å². The lowest BCUT2D eigenvalue weighted by Crippen LogP contribution is -2.43. The number of alkyl halides is 2. The molecule has 1 heterocycles. The first-order valence-electron chi connectivity index (χ1n) is 9.20. The standard InChI is InChI=1S/C20H26F2N2O4/c1-13(2)23-19(26)15-8-10-24(11-9-15)18(25)7-5-14-4-6-16(28-20(21)22)17(12-14)27-3/h4-7,12-13,15,20H,8-11H2,1-3H3,(H,23,26)/b7-5+. The Bertz CT molecular complexity index is 714. The molecule has 0 bridgehead atoms. The van der Waals surface area contributed by atoms with Gasteiger partial charge in [-0.05, 0) is 50.5 Å². The lowest BCUT2D eigenvalue weighted by Gasteiger charge is -2.31. The summed E-state index contributed by atoms with van der Waals surface area (Å²) < 4.78 is 34.2. The highest BCUT2D eigenvalue weighted by atomic mass is 19.3. The van der Waals surface area contributed by atoms with Gasteiger partial charge >= 0.3 is 6.61 Å². The van der Waals surface area contributed by atoms with E-state index in [0.29, 0.717) is 31.5 Å². The van der Waals surface area contributed by atoms with Crippen molar-refractivity contribution in [3.05, 3.63) is 29.8 Å². The molecule has 0 radical (unpaired) electrons. The average Bonchev–Trinajstić information content (AvgIpc) is 2.66. The van der Waals surface area contributed by atoms with Crippen LogP contribution in [0.5, 0.6) is 11.5 Å². The number of nitrogens with zero attached hydrogens (tertiary/aromatic N) is 1. The predicted octanol–water partition coefficient (Wildman–Crippen LogP) is 3.07. The predicted molar refractivity (Wildman–Crippen MR) is 101 cm³/mol. The molecule has 8 heteroatoms. The van der Waals surface area contributed by atoms with Crippen molar-refractivity contribution in [2.75, 3.05) is 20.2 Å². The second kappa shape index (κ2) is 10.1. The first-order valence-corrected chi connectivity index (χ1v) is 9.20. The normalized spacial score (nSPS) is 15.3. The summed E-state index contributed by atoms with van der Waals surface area (Å²) in [4.78, 5) is 26.1. The molecule has 1 aliphatic heterocycles. The number of hydrogen-bond donors (Lipinski definition) is 1. The maximum absolute atomic E-state index is 12.4. The van der Waals surface area contributed by atoms with Gasteiger partial charge in [-0.15, -0.1) is 0 Å². The lowest BCUT2D eigenvalue weighted by molar-refractivity contribution is -0.132. The average molecular weight is 396 g/mol. The molecule has 0 aliphatic carbocycles. The van der Waals surface area contributed by atoms with Crippen LogP contribution in [0.4, 0.5) is 8.78 Å². The van der Waals surface area contributed by atoms with E-state index in [1.54, 1.807) is 17.0 Å². The Hall–Kier alpha value is -2.64. The molecule has 1 fully saturated rings. The van der Waals surface area contributed by atoms with Gasteiger partial charge in [-0.1, -0.05) is 6.07 Å². The third-order valence-electron chi connectivity index (χ3n) is 4.43. The van der Waals surface area contributed by atoms with E-state index in [1.807, 2.05) is 13.8 Å². The maximum atomic E-state index is 12.4. The van der Waals surface area contributed by atoms with Crippen molar-refractivity contribution in [3.63, 3.8) is 0 Å². The smallest absolute Gasteiger partial charge is 0.387 e. The number of piperidine rings is 1. The van der Waals surface area contributed by atoms with Crippen LogP contribution in [0.1, 0.15) is 32.3 Å². The number of benzene rings is 1. The van der Waals surface area contributed by atoms with Crippen molar-refractivity contribution in [1.29, 1.82) is 0 Å². The van der Waals surface area contributed by atoms with E-state index in [2.05, 4.69) is 10.1 Å². The molecule has 1 aromatic carbocycles. The highest BCUT2D eigenvalue weighted by Gasteiger charge is 2.26. The summed E-state index contributed by atoms with van der Waals surface area (Å²) in [6.07, 6.45) is 4.28. The molecule has 1 N–H and O–H groups in total. The van der Waals surface area contributed by atoms with Crippen molar-refractivity contribution in [1.82, 2.24) is 10.2 Å². The second-order valence-electron chi connectivity index (χ2n) is 6.88. The number of nitrogens with one attached hydrogen (secondary N) is 1. The summed E-state index contributed by atoms with van der Waals surface area (Å²) >= 11 is 0. The Morgan fingerprint density at radius 1 is 1.21 bits per heavy atom. The number of likely N-dealkylation sites (tertiary alicyclic amines) is 1.